The Bertz CT molecular complexity index is 981. The highest BCUT2D eigenvalue weighted by Gasteiger charge is 2.19. The SMILES string of the molecule is N#CCCN(C(=O)CCC(=O)Nc1cccc(C(=O)N2CCOCC2)c1)c1ccccc1. The summed E-state index contributed by atoms with van der Waals surface area (Å²) in [5.41, 5.74) is 1.70. The number of para-hydroxylation sites is 1. The molecular formula is C24H26N4O4. The molecule has 2 aromatic rings. The van der Waals surface area contributed by atoms with Crippen molar-refractivity contribution in [2.24, 2.45) is 0 Å². The van der Waals surface area contributed by atoms with E-state index in [0.717, 1.165) is 0 Å². The van der Waals surface area contributed by atoms with Gasteiger partial charge in [0.05, 0.1) is 25.7 Å². The normalized spacial score (nSPS) is 13.2. The number of ether oxygens (including phenoxy) is 1. The summed E-state index contributed by atoms with van der Waals surface area (Å²) in [6.07, 6.45) is 0.214. The quantitative estimate of drug-likeness (QED) is 0.688. The van der Waals surface area contributed by atoms with Crippen LogP contribution < -0.4 is 10.2 Å². The third kappa shape index (κ3) is 6.40. The van der Waals surface area contributed by atoms with Crippen LogP contribution in [0.25, 0.3) is 0 Å². The molecule has 8 nitrogen and oxygen atoms in total. The number of anilines is 2. The van der Waals surface area contributed by atoms with Crippen LogP contribution in [-0.2, 0) is 14.3 Å². The molecule has 166 valence electrons. The number of carbonyl (C=O) groups excluding carboxylic acids is 3. The Balaban J connectivity index is 1.56. The Morgan fingerprint density at radius 1 is 1.03 bits per heavy atom. The standard InChI is InChI=1S/C24H26N4O4/c25-12-5-13-28(21-8-2-1-3-9-21)23(30)11-10-22(29)26-20-7-4-6-19(18-20)24(31)27-14-16-32-17-15-27/h1-4,6-9,18H,5,10-11,13-17H2,(H,26,29). The van der Waals surface area contributed by atoms with Crippen molar-refractivity contribution in [3.05, 3.63) is 60.2 Å². The van der Waals surface area contributed by atoms with Crippen molar-refractivity contribution in [1.82, 2.24) is 4.90 Å². The van der Waals surface area contributed by atoms with E-state index in [-0.39, 0.29) is 43.5 Å². The molecule has 1 N–H and O–H groups in total. The number of morpholine rings is 1. The van der Waals surface area contributed by atoms with E-state index in [4.69, 9.17) is 10.00 Å². The molecule has 2 aromatic carbocycles. The van der Waals surface area contributed by atoms with Crippen LogP contribution in [0.1, 0.15) is 29.6 Å². The van der Waals surface area contributed by atoms with Gasteiger partial charge in [0.1, 0.15) is 0 Å². The van der Waals surface area contributed by atoms with Gasteiger partial charge >= 0.3 is 0 Å². The third-order valence-corrected chi connectivity index (χ3v) is 5.07. The maximum atomic E-state index is 12.7. The molecule has 32 heavy (non-hydrogen) atoms. The molecule has 0 saturated carbocycles. The lowest BCUT2D eigenvalue weighted by Crippen LogP contribution is -2.40. The molecule has 1 saturated heterocycles. The van der Waals surface area contributed by atoms with Crippen LogP contribution in [0.3, 0.4) is 0 Å². The summed E-state index contributed by atoms with van der Waals surface area (Å²) in [4.78, 5) is 41.0. The lowest BCUT2D eigenvalue weighted by atomic mass is 10.1. The minimum Gasteiger partial charge on any atom is -0.378 e. The molecule has 3 rings (SSSR count). The summed E-state index contributed by atoms with van der Waals surface area (Å²) in [7, 11) is 0. The van der Waals surface area contributed by atoms with E-state index in [1.807, 2.05) is 24.3 Å². The van der Waals surface area contributed by atoms with E-state index < -0.39 is 0 Å². The minimum absolute atomic E-state index is 0.00361. The van der Waals surface area contributed by atoms with E-state index in [1.54, 1.807) is 41.3 Å². The van der Waals surface area contributed by atoms with E-state index >= 15 is 0 Å². The highest BCUT2D eigenvalue weighted by Crippen LogP contribution is 2.17. The highest BCUT2D eigenvalue weighted by molar-refractivity contribution is 5.99. The number of nitriles is 1. The first kappa shape index (κ1) is 23.0. The lowest BCUT2D eigenvalue weighted by Gasteiger charge is -2.27. The van der Waals surface area contributed by atoms with Gasteiger partial charge in [0.25, 0.3) is 5.91 Å². The average molecular weight is 434 g/mol. The van der Waals surface area contributed by atoms with Crippen LogP contribution in [0.2, 0.25) is 0 Å². The van der Waals surface area contributed by atoms with Crippen LogP contribution in [-0.4, -0.2) is 55.5 Å². The molecule has 0 aromatic heterocycles. The molecule has 0 bridgehead atoms. The molecular weight excluding hydrogens is 408 g/mol. The monoisotopic (exact) mass is 434 g/mol. The maximum Gasteiger partial charge on any atom is 0.254 e. The zero-order valence-electron chi connectivity index (χ0n) is 17.8. The van der Waals surface area contributed by atoms with Crippen LogP contribution in [0.4, 0.5) is 11.4 Å². The zero-order valence-corrected chi connectivity index (χ0v) is 17.8. The van der Waals surface area contributed by atoms with Gasteiger partial charge < -0.3 is 19.9 Å². The smallest absolute Gasteiger partial charge is 0.254 e. The molecule has 0 radical (unpaired) electrons. The van der Waals surface area contributed by atoms with Gasteiger partial charge in [-0.15, -0.1) is 0 Å². The average Bonchev–Trinajstić information content (AvgIpc) is 2.84. The molecule has 1 aliphatic heterocycles. The van der Waals surface area contributed by atoms with E-state index in [2.05, 4.69) is 5.32 Å². The topological polar surface area (TPSA) is 103 Å². The van der Waals surface area contributed by atoms with E-state index in [9.17, 15) is 14.4 Å². The van der Waals surface area contributed by atoms with Crippen molar-refractivity contribution in [1.29, 1.82) is 5.26 Å². The van der Waals surface area contributed by atoms with Gasteiger partial charge in [-0.2, -0.15) is 5.26 Å². The molecule has 0 aliphatic carbocycles. The molecule has 0 unspecified atom stereocenters. The Labute approximate surface area is 187 Å². The lowest BCUT2D eigenvalue weighted by molar-refractivity contribution is -0.122. The largest absolute Gasteiger partial charge is 0.378 e. The Kier molecular flexibility index (Phi) is 8.35. The fraction of sp³-hybridized carbons (Fsp3) is 0.333. The number of nitrogens with zero attached hydrogens (tertiary/aromatic N) is 3. The maximum absolute atomic E-state index is 12.7. The third-order valence-electron chi connectivity index (χ3n) is 5.07. The second kappa shape index (κ2) is 11.6. The van der Waals surface area contributed by atoms with Gasteiger partial charge in [0.15, 0.2) is 0 Å². The van der Waals surface area contributed by atoms with Gasteiger partial charge in [-0.25, -0.2) is 0 Å². The van der Waals surface area contributed by atoms with E-state index in [0.29, 0.717) is 43.2 Å². The van der Waals surface area contributed by atoms with Gasteiger partial charge in [0.2, 0.25) is 11.8 Å². The molecule has 1 heterocycles. The summed E-state index contributed by atoms with van der Waals surface area (Å²) < 4.78 is 5.28. The van der Waals surface area contributed by atoms with Crippen LogP contribution in [0.15, 0.2) is 54.6 Å². The first-order valence-electron chi connectivity index (χ1n) is 10.6. The number of rotatable bonds is 8. The van der Waals surface area contributed by atoms with Crippen molar-refractivity contribution in [3.8, 4) is 6.07 Å². The van der Waals surface area contributed by atoms with Crippen LogP contribution >= 0.6 is 0 Å². The molecule has 3 amide bonds. The van der Waals surface area contributed by atoms with Crippen molar-refractivity contribution in [2.75, 3.05) is 43.1 Å². The van der Waals surface area contributed by atoms with E-state index in [1.165, 1.54) is 4.90 Å². The first-order chi connectivity index (χ1) is 15.6. The van der Waals surface area contributed by atoms with Crippen molar-refractivity contribution < 1.29 is 19.1 Å². The van der Waals surface area contributed by atoms with Gasteiger partial charge in [-0.3, -0.25) is 14.4 Å². The minimum atomic E-state index is -0.317. The molecule has 0 atom stereocenters. The summed E-state index contributed by atoms with van der Waals surface area (Å²) in [5.74, 6) is -0.643. The number of amides is 3. The summed E-state index contributed by atoms with van der Waals surface area (Å²) >= 11 is 0. The Morgan fingerprint density at radius 3 is 2.50 bits per heavy atom. The number of hydrogen-bond donors (Lipinski definition) is 1. The van der Waals surface area contributed by atoms with Gasteiger partial charge in [-0.1, -0.05) is 24.3 Å². The van der Waals surface area contributed by atoms with Crippen molar-refractivity contribution in [2.45, 2.75) is 19.3 Å². The fourth-order valence-corrected chi connectivity index (χ4v) is 3.43. The molecule has 0 spiro atoms. The zero-order chi connectivity index (χ0) is 22.8. The number of hydrogen-bond acceptors (Lipinski definition) is 5. The molecule has 8 heteroatoms. The number of carbonyl (C=O) groups is 3. The van der Waals surface area contributed by atoms with Crippen LogP contribution in [0.5, 0.6) is 0 Å². The van der Waals surface area contributed by atoms with Crippen LogP contribution in [0, 0.1) is 11.3 Å². The first-order valence-corrected chi connectivity index (χ1v) is 10.6. The van der Waals surface area contributed by atoms with Gasteiger partial charge in [-0.05, 0) is 30.3 Å². The molecule has 1 fully saturated rings. The highest BCUT2D eigenvalue weighted by atomic mass is 16.5. The Hall–Kier alpha value is -3.70. The number of nitrogens with one attached hydrogen (secondary N) is 1. The van der Waals surface area contributed by atoms with Gasteiger partial charge in [0, 0.05) is 49.4 Å². The number of benzene rings is 2. The predicted octanol–water partition coefficient (Wildman–Crippen LogP) is 2.82. The fourth-order valence-electron chi connectivity index (χ4n) is 3.43. The van der Waals surface area contributed by atoms with Crippen molar-refractivity contribution >= 4 is 29.1 Å². The van der Waals surface area contributed by atoms with Crippen molar-refractivity contribution in [3.63, 3.8) is 0 Å². The predicted molar refractivity (Wildman–Crippen MR) is 120 cm³/mol. The summed E-state index contributed by atoms with van der Waals surface area (Å²) in [6.45, 7) is 2.39. The summed E-state index contributed by atoms with van der Waals surface area (Å²) in [5, 5.41) is 11.6. The summed E-state index contributed by atoms with van der Waals surface area (Å²) in [6, 6.07) is 17.9. The second-order valence-corrected chi connectivity index (χ2v) is 7.32. The second-order valence-electron chi connectivity index (χ2n) is 7.32. The molecule has 1 aliphatic rings. The Morgan fingerprint density at radius 2 is 1.78 bits per heavy atom.